The second-order valence-electron chi connectivity index (χ2n) is 34.7. The summed E-state index contributed by atoms with van der Waals surface area (Å²) >= 11 is 0. The Balaban J connectivity index is 0.679. The first-order chi connectivity index (χ1) is 47.1. The minimum Gasteiger partial charge on any atom is -0.851 e. The zero-order valence-electron chi connectivity index (χ0n) is 57.8. The molecule has 0 radical (unpaired) electrons. The van der Waals surface area contributed by atoms with Crippen LogP contribution in [0.4, 0.5) is 45.5 Å². The topological polar surface area (TPSA) is 229 Å². The third-order valence-corrected chi connectivity index (χ3v) is 26.6. The Kier molecular flexibility index (Phi) is 13.6. The van der Waals surface area contributed by atoms with E-state index in [-0.39, 0.29) is 17.1 Å². The summed E-state index contributed by atoms with van der Waals surface area (Å²) in [4.78, 5) is 15.8. The fraction of sp³-hybridized carbons (Fsp3) is 0.512. The first-order valence-electron chi connectivity index (χ1n) is 37.5. The lowest BCUT2D eigenvalue weighted by Gasteiger charge is -2.63. The highest BCUT2D eigenvalue weighted by molar-refractivity contribution is 6.14. The van der Waals surface area contributed by atoms with Gasteiger partial charge in [0.15, 0.2) is 0 Å². The van der Waals surface area contributed by atoms with Crippen LogP contribution in [0.15, 0.2) is 109 Å². The molecule has 14 nitrogen and oxygen atoms in total. The number of carbonyl (C=O) groups excluding carboxylic acids is 1. The minimum absolute atomic E-state index is 0.149. The number of ketones is 1. The van der Waals surface area contributed by atoms with E-state index < -0.39 is 77.4 Å². The molecule has 14 unspecified atom stereocenters. The van der Waals surface area contributed by atoms with Crippen molar-refractivity contribution in [2.24, 2.45) is 47.3 Å². The maximum Gasteiger partial charge on any atom is 0.145 e. The highest BCUT2D eigenvalue weighted by Gasteiger charge is 2.54. The summed E-state index contributed by atoms with van der Waals surface area (Å²) < 4.78 is 0. The van der Waals surface area contributed by atoms with E-state index in [0.717, 1.165) is 177 Å². The number of benzene rings is 8. The van der Waals surface area contributed by atoms with Crippen LogP contribution in [-0.4, -0.2) is 59.0 Å². The predicted octanol–water partition coefficient (Wildman–Crippen LogP) is 13.1. The van der Waals surface area contributed by atoms with Crippen molar-refractivity contribution >= 4 is 94.4 Å². The van der Waals surface area contributed by atoms with Gasteiger partial charge in [0.25, 0.3) is 0 Å². The molecule has 14 atom stereocenters. The molecule has 0 saturated heterocycles. The third-order valence-electron chi connectivity index (χ3n) is 26.6. The molecule has 11 aliphatic rings. The van der Waals surface area contributed by atoms with Crippen molar-refractivity contribution < 1.29 is 30.3 Å². The van der Waals surface area contributed by atoms with Crippen molar-refractivity contribution in [2.45, 2.75) is 221 Å². The van der Waals surface area contributed by atoms with Gasteiger partial charge in [-0.3, -0.25) is 4.79 Å². The molecule has 98 heavy (non-hydrogen) atoms. The van der Waals surface area contributed by atoms with Gasteiger partial charge in [0, 0.05) is 78.9 Å². The van der Waals surface area contributed by atoms with Crippen LogP contribution in [0.1, 0.15) is 201 Å². The summed E-state index contributed by atoms with van der Waals surface area (Å²) in [6.45, 7) is 18.4. The summed E-state index contributed by atoms with van der Waals surface area (Å²) in [6.07, 6.45) is 4.96. The second-order valence-corrected chi connectivity index (χ2v) is 34.7. The molecule has 8 aromatic rings. The molecule has 4 aliphatic heterocycles. The largest absolute Gasteiger partial charge is 0.851 e. The molecule has 7 aliphatic carbocycles. The SMILES string of the molecule is CC1CC(C)CC2(C1)Nc1cccc3ccc(C4C([O-])C(c5ccc6ccc(C7C(=O)C(c8ccc9ccc(C%10C([O-])C(c%11ccc%12cccc%13c%12c%11NC%11(CC(C)CC(C)C%11)N%13)C%10[O-])c%10c9c8NC8(CC(C)CC(C)C8)N%10)C7[O-])c7c6c5NC5(CC(C)CC(C)C5)N7)C4[O-])c(c13)N2. The van der Waals surface area contributed by atoms with E-state index in [2.05, 4.69) is 146 Å². The Morgan fingerprint density at radius 1 is 0.286 bits per heavy atom. The van der Waals surface area contributed by atoms with E-state index in [4.69, 9.17) is 0 Å². The zero-order valence-corrected chi connectivity index (χ0v) is 57.8. The van der Waals surface area contributed by atoms with Gasteiger partial charge in [-0.25, -0.2) is 0 Å². The standard InChI is InChI=1S/C84H93N8O6/c1-39-27-40(2)32-81(31-39)85-57-13-9-11-47-15-21-51(69(87-81)59(47)57)63-75(93)65(76(63)94)53-23-17-49-19-25-55(73-61(49)71(53)89-83(91-73)35-43(5)29-44(6)36-83)67-79(97)68(80(67)98)56-26-20-50-18-24-54(72-62(50)74(56)92-84(90-72)37-45(7)30-46(8)38-84)66-77(95)64(78(66)96)52-22-16-48-12-10-14-58-60(48)70(52)88-82(86-58)33-41(3)28-42(4)34-82/h9-26,39-46,63-68,75-79,85-92H,27-38H2,1-8H3/q-5. The molecule has 4 heterocycles. The molecule has 0 aromatic heterocycles. The van der Waals surface area contributed by atoms with E-state index >= 15 is 30.3 Å². The summed E-state index contributed by atoms with van der Waals surface area (Å²) in [5, 5.41) is 117. The Labute approximate surface area is 575 Å². The van der Waals surface area contributed by atoms with Crippen molar-refractivity contribution in [3.63, 3.8) is 0 Å². The summed E-state index contributed by atoms with van der Waals surface area (Å²) in [5.41, 5.74) is 9.19. The first kappa shape index (κ1) is 61.7. The van der Waals surface area contributed by atoms with Crippen LogP contribution in [-0.2, 0) is 4.79 Å². The summed E-state index contributed by atoms with van der Waals surface area (Å²) in [7, 11) is 0. The van der Waals surface area contributed by atoms with Crippen LogP contribution in [0.5, 0.6) is 0 Å². The van der Waals surface area contributed by atoms with Crippen molar-refractivity contribution in [3.05, 3.63) is 143 Å². The van der Waals surface area contributed by atoms with Crippen molar-refractivity contribution in [1.29, 1.82) is 0 Å². The van der Waals surface area contributed by atoms with Gasteiger partial charge in [-0.2, -0.15) is 0 Å². The molecular weight excluding hydrogens is 1220 g/mol. The van der Waals surface area contributed by atoms with Crippen LogP contribution >= 0.6 is 0 Å². The Bertz CT molecular complexity index is 4340. The highest BCUT2D eigenvalue weighted by Crippen LogP contribution is 2.62. The van der Waals surface area contributed by atoms with Crippen LogP contribution in [0.25, 0.3) is 43.1 Å². The van der Waals surface area contributed by atoms with Gasteiger partial charge in [0.05, 0.1) is 0 Å². The fourth-order valence-corrected chi connectivity index (χ4v) is 23.8. The lowest BCUT2D eigenvalue weighted by molar-refractivity contribution is -0.536. The molecule has 14 heteroatoms. The first-order valence-corrected chi connectivity index (χ1v) is 37.5. The monoisotopic (exact) mass is 1310 g/mol. The maximum atomic E-state index is 15.9. The van der Waals surface area contributed by atoms with Gasteiger partial charge >= 0.3 is 0 Å². The van der Waals surface area contributed by atoms with Crippen LogP contribution in [0, 0.1) is 47.3 Å². The van der Waals surface area contributed by atoms with E-state index in [9.17, 15) is 0 Å². The van der Waals surface area contributed by atoms with Crippen LogP contribution < -0.4 is 68.1 Å². The number of rotatable bonds is 6. The van der Waals surface area contributed by atoms with Crippen molar-refractivity contribution in [3.8, 4) is 0 Å². The van der Waals surface area contributed by atoms with Crippen molar-refractivity contribution in [2.75, 3.05) is 42.5 Å². The molecule has 4 spiro atoms. The lowest BCUT2D eigenvalue weighted by atomic mass is 9.61. The van der Waals surface area contributed by atoms with Crippen molar-refractivity contribution in [1.82, 2.24) is 0 Å². The quantitative estimate of drug-likeness (QED) is 0.0775. The average Bonchev–Trinajstić information content (AvgIpc) is 0.705. The van der Waals surface area contributed by atoms with Gasteiger partial charge in [0.2, 0.25) is 0 Å². The smallest absolute Gasteiger partial charge is 0.145 e. The van der Waals surface area contributed by atoms with Gasteiger partial charge in [0.1, 0.15) is 28.4 Å². The fourth-order valence-electron chi connectivity index (χ4n) is 23.8. The minimum atomic E-state index is -1.36. The number of nitrogens with one attached hydrogen (secondary N) is 8. The average molecular weight is 1310 g/mol. The van der Waals surface area contributed by atoms with Gasteiger partial charge < -0.3 is 68.1 Å². The molecular formula is C84H93N8O6-5. The number of hydrogen-bond donors (Lipinski definition) is 8. The summed E-state index contributed by atoms with van der Waals surface area (Å²) in [6, 6.07) is 36.9. The van der Waals surface area contributed by atoms with E-state index in [1.807, 2.05) is 60.7 Å². The Hall–Kier alpha value is -7.33. The predicted molar refractivity (Wildman–Crippen MR) is 385 cm³/mol. The number of carbonyl (C=O) groups is 1. The number of anilines is 8. The van der Waals surface area contributed by atoms with Crippen LogP contribution in [0.3, 0.4) is 0 Å². The van der Waals surface area contributed by atoms with E-state index in [0.29, 0.717) is 69.6 Å². The van der Waals surface area contributed by atoms with E-state index in [1.165, 1.54) is 0 Å². The number of Topliss-reactive ketones (excluding diaryl/α,β-unsaturated/α-hetero) is 1. The molecule has 0 amide bonds. The Morgan fingerprint density at radius 3 is 0.796 bits per heavy atom. The molecule has 19 rings (SSSR count). The summed E-state index contributed by atoms with van der Waals surface area (Å²) in [5.74, 6) is -2.04. The Morgan fingerprint density at radius 2 is 0.520 bits per heavy atom. The normalized spacial score (nSPS) is 39.3. The highest BCUT2D eigenvalue weighted by atomic mass is 16.3. The van der Waals surface area contributed by atoms with Gasteiger partial charge in [-0.05, 0) is 215 Å². The molecule has 0 bridgehead atoms. The molecule has 510 valence electrons. The second kappa shape index (κ2) is 21.6. The number of hydrogen-bond acceptors (Lipinski definition) is 14. The van der Waals surface area contributed by atoms with Crippen LogP contribution in [0.2, 0.25) is 0 Å². The zero-order chi connectivity index (χ0) is 67.1. The molecule has 7 fully saturated rings. The maximum absolute atomic E-state index is 15.9. The lowest BCUT2D eigenvalue weighted by Crippen LogP contribution is -2.64. The van der Waals surface area contributed by atoms with E-state index in [1.54, 1.807) is 0 Å². The third kappa shape index (κ3) is 9.03. The van der Waals surface area contributed by atoms with Gasteiger partial charge in [-0.15, -0.1) is 24.4 Å². The molecule has 8 aromatic carbocycles. The molecule has 8 N–H and O–H groups in total. The molecule has 7 saturated carbocycles. The van der Waals surface area contributed by atoms with Gasteiger partial charge in [-0.1, -0.05) is 159 Å².